The molecule has 1 aliphatic carbocycles. The second kappa shape index (κ2) is 5.71. The number of aromatic nitrogens is 3. The van der Waals surface area contributed by atoms with E-state index in [0.29, 0.717) is 25.3 Å². The molecule has 1 saturated carbocycles. The predicted octanol–water partition coefficient (Wildman–Crippen LogP) is 0.252. The second-order valence-electron chi connectivity index (χ2n) is 4.58. The van der Waals surface area contributed by atoms with E-state index in [-0.39, 0.29) is 10.7 Å². The Labute approximate surface area is 111 Å². The second-order valence-corrected chi connectivity index (χ2v) is 5.85. The van der Waals surface area contributed by atoms with Gasteiger partial charge in [-0.2, -0.15) is 11.8 Å². The summed E-state index contributed by atoms with van der Waals surface area (Å²) in [5, 5.41) is 10.6. The molecule has 2 rings (SSSR count). The van der Waals surface area contributed by atoms with Crippen LogP contribution in [0.15, 0.2) is 6.20 Å². The summed E-state index contributed by atoms with van der Waals surface area (Å²) in [6.07, 6.45) is 7.34. The highest BCUT2D eigenvalue weighted by Gasteiger charge is 2.36. The number of carbonyl (C=O) groups is 1. The van der Waals surface area contributed by atoms with Gasteiger partial charge in [0.1, 0.15) is 0 Å². The van der Waals surface area contributed by atoms with Gasteiger partial charge in [-0.15, -0.1) is 5.10 Å². The number of hydrogen-bond acceptors (Lipinski definition) is 5. The average Bonchev–Trinajstić information content (AvgIpc) is 2.77. The zero-order valence-electron chi connectivity index (χ0n) is 10.6. The van der Waals surface area contributed by atoms with Crippen LogP contribution in [0.5, 0.6) is 0 Å². The van der Waals surface area contributed by atoms with Crippen LogP contribution in [0.2, 0.25) is 0 Å². The highest BCUT2D eigenvalue weighted by molar-refractivity contribution is 8.00. The largest absolute Gasteiger partial charge is 0.349 e. The van der Waals surface area contributed by atoms with Gasteiger partial charge in [0.15, 0.2) is 5.69 Å². The highest BCUT2D eigenvalue weighted by atomic mass is 32.2. The normalized spacial score (nSPS) is 17.2. The van der Waals surface area contributed by atoms with Crippen molar-refractivity contribution in [3.63, 3.8) is 0 Å². The van der Waals surface area contributed by atoms with Crippen LogP contribution in [0.4, 0.5) is 0 Å². The molecule has 0 bridgehead atoms. The van der Waals surface area contributed by atoms with Crippen molar-refractivity contribution in [3.8, 4) is 0 Å². The van der Waals surface area contributed by atoms with Gasteiger partial charge in [-0.25, -0.2) is 0 Å². The minimum Gasteiger partial charge on any atom is -0.349 e. The first kappa shape index (κ1) is 13.4. The van der Waals surface area contributed by atoms with Crippen molar-refractivity contribution >= 4 is 17.7 Å². The molecule has 1 heterocycles. The van der Waals surface area contributed by atoms with Crippen LogP contribution in [0.1, 0.15) is 29.8 Å². The molecule has 1 fully saturated rings. The van der Waals surface area contributed by atoms with E-state index in [2.05, 4.69) is 21.9 Å². The molecule has 0 saturated heterocycles. The van der Waals surface area contributed by atoms with Crippen LogP contribution in [0.3, 0.4) is 0 Å². The van der Waals surface area contributed by atoms with Gasteiger partial charge in [0.2, 0.25) is 0 Å². The fraction of sp³-hybridized carbons (Fsp3) is 0.727. The molecule has 1 amide bonds. The van der Waals surface area contributed by atoms with Crippen molar-refractivity contribution < 1.29 is 4.79 Å². The number of amides is 1. The zero-order valence-corrected chi connectivity index (χ0v) is 11.4. The van der Waals surface area contributed by atoms with Crippen molar-refractivity contribution in [2.75, 3.05) is 19.3 Å². The van der Waals surface area contributed by atoms with Gasteiger partial charge < -0.3 is 11.1 Å². The Kier molecular flexibility index (Phi) is 4.23. The van der Waals surface area contributed by atoms with Gasteiger partial charge in [0.05, 0.1) is 12.7 Å². The number of thioether (sulfide) groups is 1. The summed E-state index contributed by atoms with van der Waals surface area (Å²) >= 11 is 1.84. The lowest BCUT2D eigenvalue weighted by molar-refractivity contribution is 0.0939. The zero-order chi connectivity index (χ0) is 13.0. The number of nitrogens with two attached hydrogens (primary N) is 1. The van der Waals surface area contributed by atoms with E-state index in [1.807, 2.05) is 11.8 Å². The first-order valence-electron chi connectivity index (χ1n) is 6.13. The van der Waals surface area contributed by atoms with E-state index in [1.165, 1.54) is 19.3 Å². The molecule has 7 heteroatoms. The Morgan fingerprint density at radius 2 is 2.44 bits per heavy atom. The monoisotopic (exact) mass is 269 g/mol. The summed E-state index contributed by atoms with van der Waals surface area (Å²) in [4.78, 5) is 11.9. The molecule has 18 heavy (non-hydrogen) atoms. The van der Waals surface area contributed by atoms with Gasteiger partial charge in [0.25, 0.3) is 5.91 Å². The number of rotatable bonds is 6. The Hall–Kier alpha value is -1.08. The lowest BCUT2D eigenvalue weighted by atomic mass is 9.84. The minimum absolute atomic E-state index is 0.154. The van der Waals surface area contributed by atoms with Crippen molar-refractivity contribution in [3.05, 3.63) is 11.9 Å². The molecule has 3 N–H and O–H groups in total. The molecule has 100 valence electrons. The molecule has 0 spiro atoms. The summed E-state index contributed by atoms with van der Waals surface area (Å²) in [7, 11) is 0. The molecular weight excluding hydrogens is 250 g/mol. The minimum atomic E-state index is -0.154. The summed E-state index contributed by atoms with van der Waals surface area (Å²) in [6.45, 7) is 1.77. The standard InChI is InChI=1S/C11H19N5OS/c1-18-11(3-2-4-11)8-13-10(17)9-7-16(6-5-12)15-14-9/h7H,2-6,8,12H2,1H3,(H,13,17). The molecule has 0 atom stereocenters. The van der Waals surface area contributed by atoms with E-state index >= 15 is 0 Å². The smallest absolute Gasteiger partial charge is 0.273 e. The highest BCUT2D eigenvalue weighted by Crippen LogP contribution is 2.42. The molecule has 6 nitrogen and oxygen atoms in total. The molecule has 1 aromatic heterocycles. The van der Waals surface area contributed by atoms with Gasteiger partial charge in [-0.3, -0.25) is 9.48 Å². The molecular formula is C11H19N5OS. The fourth-order valence-electron chi connectivity index (χ4n) is 2.00. The maximum atomic E-state index is 11.9. The van der Waals surface area contributed by atoms with Crippen molar-refractivity contribution in [1.29, 1.82) is 0 Å². The third kappa shape index (κ3) is 2.84. The van der Waals surface area contributed by atoms with Gasteiger partial charge in [-0.05, 0) is 19.1 Å². The summed E-state index contributed by atoms with van der Waals surface area (Å²) in [5.74, 6) is -0.154. The Morgan fingerprint density at radius 3 is 3.00 bits per heavy atom. The fourth-order valence-corrected chi connectivity index (χ4v) is 2.91. The quantitative estimate of drug-likeness (QED) is 0.773. The Bertz CT molecular complexity index is 410. The molecule has 0 radical (unpaired) electrons. The van der Waals surface area contributed by atoms with Crippen LogP contribution in [-0.2, 0) is 6.54 Å². The lowest BCUT2D eigenvalue weighted by Crippen LogP contribution is -2.45. The van der Waals surface area contributed by atoms with E-state index in [9.17, 15) is 4.79 Å². The van der Waals surface area contributed by atoms with E-state index in [4.69, 9.17) is 5.73 Å². The average molecular weight is 269 g/mol. The Balaban J connectivity index is 1.87. The summed E-state index contributed by atoms with van der Waals surface area (Å²) < 4.78 is 1.82. The first-order valence-corrected chi connectivity index (χ1v) is 7.35. The van der Waals surface area contributed by atoms with E-state index in [0.717, 1.165) is 0 Å². The first-order chi connectivity index (χ1) is 8.69. The number of nitrogens with zero attached hydrogens (tertiary/aromatic N) is 3. The lowest BCUT2D eigenvalue weighted by Gasteiger charge is -2.40. The summed E-state index contributed by atoms with van der Waals surface area (Å²) in [6, 6.07) is 0. The van der Waals surface area contributed by atoms with Crippen LogP contribution in [0.25, 0.3) is 0 Å². The van der Waals surface area contributed by atoms with Crippen molar-refractivity contribution in [2.24, 2.45) is 5.73 Å². The number of carbonyl (C=O) groups excluding carboxylic acids is 1. The maximum Gasteiger partial charge on any atom is 0.273 e. The van der Waals surface area contributed by atoms with E-state index in [1.54, 1.807) is 10.9 Å². The molecule has 0 unspecified atom stereocenters. The van der Waals surface area contributed by atoms with Crippen LogP contribution < -0.4 is 11.1 Å². The third-order valence-corrected chi connectivity index (χ3v) is 4.82. The van der Waals surface area contributed by atoms with Gasteiger partial charge >= 0.3 is 0 Å². The van der Waals surface area contributed by atoms with Crippen molar-refractivity contribution in [2.45, 2.75) is 30.6 Å². The number of nitrogens with one attached hydrogen (secondary N) is 1. The molecule has 0 aromatic carbocycles. The molecule has 1 aromatic rings. The maximum absolute atomic E-state index is 11.9. The van der Waals surface area contributed by atoms with Crippen LogP contribution >= 0.6 is 11.8 Å². The predicted molar refractivity (Wildman–Crippen MR) is 71.5 cm³/mol. The summed E-state index contributed by atoms with van der Waals surface area (Å²) in [5.41, 5.74) is 5.77. The van der Waals surface area contributed by atoms with Gasteiger partial charge in [0, 0.05) is 17.8 Å². The molecule has 1 aliphatic rings. The third-order valence-electron chi connectivity index (χ3n) is 3.40. The van der Waals surface area contributed by atoms with Crippen molar-refractivity contribution in [1.82, 2.24) is 20.3 Å². The van der Waals surface area contributed by atoms with Gasteiger partial charge in [-0.1, -0.05) is 11.6 Å². The number of hydrogen-bond donors (Lipinski definition) is 2. The topological polar surface area (TPSA) is 85.8 Å². The SMILES string of the molecule is CSC1(CNC(=O)c2cn(CCN)nn2)CCC1. The van der Waals surface area contributed by atoms with Crippen LogP contribution in [0, 0.1) is 0 Å². The van der Waals surface area contributed by atoms with E-state index < -0.39 is 0 Å². The Morgan fingerprint density at radius 1 is 1.67 bits per heavy atom. The molecule has 0 aliphatic heterocycles. The van der Waals surface area contributed by atoms with Crippen LogP contribution in [-0.4, -0.2) is 45.0 Å².